The molecule has 0 radical (unpaired) electrons. The second kappa shape index (κ2) is 7.14. The molecule has 2 amide bonds. The first-order valence-electron chi connectivity index (χ1n) is 7.21. The summed E-state index contributed by atoms with van der Waals surface area (Å²) in [7, 11) is 0. The Morgan fingerprint density at radius 2 is 1.72 bits per heavy atom. The van der Waals surface area contributed by atoms with Gasteiger partial charge in [0.05, 0.1) is 5.69 Å². The number of carbonyl (C=O) groups is 2. The van der Waals surface area contributed by atoms with Crippen LogP contribution in [-0.2, 0) is 0 Å². The molecular weight excluding hydrogens is 347 g/mol. The Balaban J connectivity index is 1.64. The van der Waals surface area contributed by atoms with Crippen LogP contribution in [0.15, 0.2) is 60.8 Å². The molecule has 25 heavy (non-hydrogen) atoms. The Hall–Kier alpha value is -3.19. The van der Waals surface area contributed by atoms with E-state index >= 15 is 0 Å². The molecule has 0 saturated heterocycles. The van der Waals surface area contributed by atoms with Crippen LogP contribution in [0.25, 0.3) is 5.69 Å². The van der Waals surface area contributed by atoms with Crippen molar-refractivity contribution in [3.63, 3.8) is 0 Å². The fourth-order valence-corrected chi connectivity index (χ4v) is 2.18. The van der Waals surface area contributed by atoms with Gasteiger partial charge in [-0.2, -0.15) is 5.10 Å². The summed E-state index contributed by atoms with van der Waals surface area (Å²) in [6.07, 6.45) is 1.52. The number of halogens is 2. The van der Waals surface area contributed by atoms with Crippen LogP contribution in [0.2, 0.25) is 5.02 Å². The summed E-state index contributed by atoms with van der Waals surface area (Å²) < 4.78 is 14.6. The first-order chi connectivity index (χ1) is 12.0. The van der Waals surface area contributed by atoms with E-state index in [0.29, 0.717) is 16.3 Å². The quantitative estimate of drug-likeness (QED) is 0.707. The maximum atomic E-state index is 13.2. The molecule has 8 heteroatoms. The molecule has 6 nitrogen and oxygen atoms in total. The van der Waals surface area contributed by atoms with Gasteiger partial charge in [0, 0.05) is 16.8 Å². The Bertz CT molecular complexity index is 924. The number of amides is 2. The van der Waals surface area contributed by atoms with E-state index in [1.807, 2.05) is 0 Å². The van der Waals surface area contributed by atoms with E-state index in [1.165, 1.54) is 41.2 Å². The van der Waals surface area contributed by atoms with Gasteiger partial charge in [0.2, 0.25) is 0 Å². The standard InChI is InChI=1S/C17H12ClFN4O2/c18-12-6-4-11(5-7-12)16(24)20-21-17(25)15-8-9-23(22-15)14-3-1-2-13(19)10-14/h1-10H,(H,20,24)(H,21,25). The highest BCUT2D eigenvalue weighted by atomic mass is 35.5. The van der Waals surface area contributed by atoms with Gasteiger partial charge in [-0.1, -0.05) is 17.7 Å². The van der Waals surface area contributed by atoms with Crippen LogP contribution in [0.5, 0.6) is 0 Å². The Labute approximate surface area is 147 Å². The highest BCUT2D eigenvalue weighted by Gasteiger charge is 2.12. The number of hydrogen-bond donors (Lipinski definition) is 2. The zero-order chi connectivity index (χ0) is 17.8. The van der Waals surface area contributed by atoms with Crippen LogP contribution in [0.3, 0.4) is 0 Å². The number of hydrogen-bond acceptors (Lipinski definition) is 3. The Kier molecular flexibility index (Phi) is 4.76. The predicted octanol–water partition coefficient (Wildman–Crippen LogP) is 2.74. The van der Waals surface area contributed by atoms with Crippen LogP contribution in [-0.4, -0.2) is 21.6 Å². The van der Waals surface area contributed by atoms with Crippen molar-refractivity contribution in [2.75, 3.05) is 0 Å². The lowest BCUT2D eigenvalue weighted by Gasteiger charge is -2.06. The van der Waals surface area contributed by atoms with Crippen molar-refractivity contribution in [1.82, 2.24) is 20.6 Å². The van der Waals surface area contributed by atoms with E-state index in [0.717, 1.165) is 0 Å². The summed E-state index contributed by atoms with van der Waals surface area (Å²) in [4.78, 5) is 24.0. The molecule has 126 valence electrons. The van der Waals surface area contributed by atoms with Crippen LogP contribution in [0.1, 0.15) is 20.8 Å². The molecule has 1 heterocycles. The van der Waals surface area contributed by atoms with Crippen LogP contribution in [0.4, 0.5) is 4.39 Å². The zero-order valence-corrected chi connectivity index (χ0v) is 13.5. The molecule has 3 aromatic rings. The molecule has 0 aliphatic rings. The molecule has 0 aliphatic heterocycles. The number of carbonyl (C=O) groups excluding carboxylic acids is 2. The van der Waals surface area contributed by atoms with E-state index in [2.05, 4.69) is 16.0 Å². The van der Waals surface area contributed by atoms with Gasteiger partial charge in [-0.3, -0.25) is 20.4 Å². The molecule has 0 atom stereocenters. The summed E-state index contributed by atoms with van der Waals surface area (Å²) in [5, 5.41) is 4.56. The van der Waals surface area contributed by atoms with Crippen LogP contribution in [0, 0.1) is 5.82 Å². The van der Waals surface area contributed by atoms with Gasteiger partial charge in [0.15, 0.2) is 5.69 Å². The van der Waals surface area contributed by atoms with Gasteiger partial charge in [0.1, 0.15) is 5.82 Å². The van der Waals surface area contributed by atoms with E-state index in [1.54, 1.807) is 24.3 Å². The highest BCUT2D eigenvalue weighted by molar-refractivity contribution is 6.30. The minimum Gasteiger partial charge on any atom is -0.267 e. The Morgan fingerprint density at radius 1 is 1.00 bits per heavy atom. The van der Waals surface area contributed by atoms with Gasteiger partial charge in [0.25, 0.3) is 11.8 Å². The third-order valence-corrected chi connectivity index (χ3v) is 3.54. The van der Waals surface area contributed by atoms with Crippen molar-refractivity contribution in [1.29, 1.82) is 0 Å². The second-order valence-electron chi connectivity index (χ2n) is 5.04. The molecule has 0 aliphatic carbocycles. The monoisotopic (exact) mass is 358 g/mol. The first-order valence-corrected chi connectivity index (χ1v) is 7.58. The molecule has 0 bridgehead atoms. The number of nitrogens with one attached hydrogen (secondary N) is 2. The second-order valence-corrected chi connectivity index (χ2v) is 5.48. The van der Waals surface area contributed by atoms with Crippen molar-refractivity contribution in [3.05, 3.63) is 82.9 Å². The summed E-state index contributed by atoms with van der Waals surface area (Å²) in [5.74, 6) is -1.50. The van der Waals surface area contributed by atoms with Gasteiger partial charge >= 0.3 is 0 Å². The fraction of sp³-hybridized carbons (Fsp3) is 0. The average molecular weight is 359 g/mol. The summed E-state index contributed by atoms with van der Waals surface area (Å²) in [5.41, 5.74) is 5.44. The summed E-state index contributed by atoms with van der Waals surface area (Å²) >= 11 is 5.75. The third kappa shape index (κ3) is 4.02. The minimum absolute atomic E-state index is 0.0701. The van der Waals surface area contributed by atoms with Crippen molar-refractivity contribution in [3.8, 4) is 5.69 Å². The zero-order valence-electron chi connectivity index (χ0n) is 12.7. The van der Waals surface area contributed by atoms with Crippen molar-refractivity contribution >= 4 is 23.4 Å². The average Bonchev–Trinajstić information content (AvgIpc) is 3.10. The van der Waals surface area contributed by atoms with Crippen LogP contribution >= 0.6 is 11.6 Å². The first kappa shape index (κ1) is 16.7. The maximum absolute atomic E-state index is 13.2. The predicted molar refractivity (Wildman–Crippen MR) is 89.9 cm³/mol. The molecule has 0 unspecified atom stereocenters. The van der Waals surface area contributed by atoms with Crippen LogP contribution < -0.4 is 10.9 Å². The number of hydrazine groups is 1. The highest BCUT2D eigenvalue weighted by Crippen LogP contribution is 2.10. The van der Waals surface area contributed by atoms with Crippen molar-refractivity contribution in [2.45, 2.75) is 0 Å². The van der Waals surface area contributed by atoms with E-state index in [4.69, 9.17) is 11.6 Å². The minimum atomic E-state index is -0.600. The molecule has 0 saturated carbocycles. The third-order valence-electron chi connectivity index (χ3n) is 3.29. The lowest BCUT2D eigenvalue weighted by atomic mass is 10.2. The van der Waals surface area contributed by atoms with Crippen molar-refractivity contribution < 1.29 is 14.0 Å². The molecule has 2 N–H and O–H groups in total. The topological polar surface area (TPSA) is 76.0 Å². The maximum Gasteiger partial charge on any atom is 0.290 e. The largest absolute Gasteiger partial charge is 0.290 e. The molecular formula is C17H12ClFN4O2. The molecule has 0 spiro atoms. The van der Waals surface area contributed by atoms with E-state index in [-0.39, 0.29) is 5.69 Å². The molecule has 0 fully saturated rings. The lowest BCUT2D eigenvalue weighted by molar-refractivity contribution is 0.0843. The van der Waals surface area contributed by atoms with E-state index < -0.39 is 17.6 Å². The number of benzene rings is 2. The number of nitrogens with zero attached hydrogens (tertiary/aromatic N) is 2. The molecule has 3 rings (SSSR count). The summed E-state index contributed by atoms with van der Waals surface area (Å²) in [6.45, 7) is 0. The number of aromatic nitrogens is 2. The molecule has 2 aromatic carbocycles. The lowest BCUT2D eigenvalue weighted by Crippen LogP contribution is -2.41. The van der Waals surface area contributed by atoms with Gasteiger partial charge in [-0.05, 0) is 48.5 Å². The number of rotatable bonds is 3. The summed E-state index contributed by atoms with van der Waals surface area (Å²) in [6, 6.07) is 13.4. The fourth-order valence-electron chi connectivity index (χ4n) is 2.06. The van der Waals surface area contributed by atoms with Gasteiger partial charge in [-0.15, -0.1) is 0 Å². The Morgan fingerprint density at radius 3 is 2.44 bits per heavy atom. The normalized spacial score (nSPS) is 10.3. The molecule has 1 aromatic heterocycles. The van der Waals surface area contributed by atoms with Gasteiger partial charge in [-0.25, -0.2) is 9.07 Å². The van der Waals surface area contributed by atoms with Crippen molar-refractivity contribution in [2.24, 2.45) is 0 Å². The van der Waals surface area contributed by atoms with Gasteiger partial charge < -0.3 is 0 Å². The smallest absolute Gasteiger partial charge is 0.267 e. The SMILES string of the molecule is O=C(NNC(=O)c1ccn(-c2cccc(F)c2)n1)c1ccc(Cl)cc1. The van der Waals surface area contributed by atoms with E-state index in [9.17, 15) is 14.0 Å².